The average molecular weight is 316 g/mol. The van der Waals surface area contributed by atoms with E-state index in [2.05, 4.69) is 42.0 Å². The normalized spacial score (nSPS) is 12.4. The molecule has 3 rings (SSSR count). The van der Waals surface area contributed by atoms with E-state index in [0.717, 1.165) is 13.0 Å². The zero-order valence-electron chi connectivity index (χ0n) is 12.8. The number of nitrogens with two attached hydrogens (primary N) is 1. The summed E-state index contributed by atoms with van der Waals surface area (Å²) >= 11 is 1.85. The van der Waals surface area contributed by atoms with Gasteiger partial charge in [0.15, 0.2) is 5.69 Å². The largest absolute Gasteiger partial charge is 0.545 e. The first-order valence-corrected chi connectivity index (χ1v) is 7.99. The van der Waals surface area contributed by atoms with Crippen molar-refractivity contribution >= 4 is 28.6 Å². The van der Waals surface area contributed by atoms with Crippen molar-refractivity contribution in [2.24, 2.45) is 0 Å². The molecule has 0 radical (unpaired) electrons. The zero-order chi connectivity index (χ0) is 15.9. The standard InChI is InChI=1S/C10H14N2S.C7H6O2/c1-12(2)5-3-8-7-11-9-4-6-13-10(8)9;8-7(9)6-4-2-1-3-5-6/h4,6-7,11H,3,5H2,1-2H3;1-5H,(H,8,9). The third kappa shape index (κ3) is 4.53. The van der Waals surface area contributed by atoms with E-state index in [0.29, 0.717) is 0 Å². The van der Waals surface area contributed by atoms with Gasteiger partial charge in [0.25, 0.3) is 0 Å². The van der Waals surface area contributed by atoms with Crippen LogP contribution in [0.3, 0.4) is 0 Å². The molecule has 1 aromatic heterocycles. The lowest BCUT2D eigenvalue weighted by Gasteiger charge is -2.07. The summed E-state index contributed by atoms with van der Waals surface area (Å²) in [6.45, 7) is 1.14. The summed E-state index contributed by atoms with van der Waals surface area (Å²) in [5.41, 5.74) is 3.12. The Morgan fingerprint density at radius 3 is 2.55 bits per heavy atom. The second-order valence-electron chi connectivity index (χ2n) is 5.27. The third-order valence-electron chi connectivity index (χ3n) is 3.29. The molecule has 1 aromatic carbocycles. The van der Waals surface area contributed by atoms with Crippen molar-refractivity contribution in [2.45, 2.75) is 6.42 Å². The lowest BCUT2D eigenvalue weighted by molar-refractivity contribution is -0.491. The number of aromatic carboxylic acids is 1. The Hall–Kier alpha value is -1.95. The van der Waals surface area contributed by atoms with E-state index >= 15 is 0 Å². The highest BCUT2D eigenvalue weighted by molar-refractivity contribution is 7.11. The second-order valence-corrected chi connectivity index (χ2v) is 6.19. The summed E-state index contributed by atoms with van der Waals surface area (Å²) in [4.78, 5) is 13.8. The van der Waals surface area contributed by atoms with Crippen LogP contribution in [-0.2, 0) is 0 Å². The molecule has 0 saturated heterocycles. The Balaban J connectivity index is 0.000000172. The molecule has 0 unspecified atom stereocenters. The highest BCUT2D eigenvalue weighted by Crippen LogP contribution is 2.31. The molecule has 0 bridgehead atoms. The molecule has 0 amide bonds. The van der Waals surface area contributed by atoms with Crippen molar-refractivity contribution in [1.82, 2.24) is 4.90 Å². The van der Waals surface area contributed by atoms with Crippen molar-refractivity contribution in [3.63, 3.8) is 0 Å². The quantitative estimate of drug-likeness (QED) is 0.925. The molecule has 0 aliphatic carbocycles. The number of benzene rings is 1. The van der Waals surface area contributed by atoms with Crippen molar-refractivity contribution in [3.8, 4) is 0 Å². The number of carbonyl (C=O) groups excluding carboxylic acids is 1. The molecule has 0 spiro atoms. The van der Waals surface area contributed by atoms with E-state index in [1.165, 1.54) is 28.3 Å². The monoisotopic (exact) mass is 316 g/mol. The van der Waals surface area contributed by atoms with Crippen LogP contribution in [0.2, 0.25) is 0 Å². The summed E-state index contributed by atoms with van der Waals surface area (Å²) < 4.78 is 0. The van der Waals surface area contributed by atoms with Gasteiger partial charge in [0.1, 0.15) is 6.20 Å². The summed E-state index contributed by atoms with van der Waals surface area (Å²) in [6, 6.07) is 10.3. The van der Waals surface area contributed by atoms with Crippen LogP contribution >= 0.6 is 11.3 Å². The maximum Gasteiger partial charge on any atom is 0.152 e. The summed E-state index contributed by atoms with van der Waals surface area (Å²) in [5.74, 6) is -1.13. The fourth-order valence-corrected chi connectivity index (χ4v) is 3.04. The molecule has 2 aromatic rings. The van der Waals surface area contributed by atoms with E-state index in [9.17, 15) is 9.90 Å². The lowest BCUT2D eigenvalue weighted by Crippen LogP contribution is -2.69. The van der Waals surface area contributed by atoms with Crippen LogP contribution in [0, 0.1) is 0 Å². The number of carbonyl (C=O) groups is 1. The van der Waals surface area contributed by atoms with E-state index in [-0.39, 0.29) is 5.56 Å². The molecule has 0 atom stereocenters. The predicted molar refractivity (Wildman–Crippen MR) is 87.8 cm³/mol. The molecule has 22 heavy (non-hydrogen) atoms. The maximum absolute atomic E-state index is 10.1. The molecule has 116 valence electrons. The molecular formula is C17H20N2O2S. The highest BCUT2D eigenvalue weighted by Gasteiger charge is 2.19. The molecule has 5 heteroatoms. The van der Waals surface area contributed by atoms with Crippen LogP contribution in [-0.4, -0.2) is 31.5 Å². The minimum absolute atomic E-state index is 0.220. The van der Waals surface area contributed by atoms with E-state index in [4.69, 9.17) is 0 Å². The minimum atomic E-state index is -1.13. The first-order valence-electron chi connectivity index (χ1n) is 7.11. The van der Waals surface area contributed by atoms with Gasteiger partial charge in [-0.3, -0.25) is 5.32 Å². The highest BCUT2D eigenvalue weighted by atomic mass is 32.1. The van der Waals surface area contributed by atoms with Crippen LogP contribution in [0.25, 0.3) is 5.57 Å². The number of hydrogen-bond acceptors (Lipinski definition) is 4. The van der Waals surface area contributed by atoms with Crippen LogP contribution in [0.1, 0.15) is 21.7 Å². The predicted octanol–water partition coefficient (Wildman–Crippen LogP) is 1.30. The van der Waals surface area contributed by atoms with Crippen molar-refractivity contribution < 1.29 is 15.2 Å². The van der Waals surface area contributed by atoms with E-state index in [1.807, 2.05) is 11.3 Å². The van der Waals surface area contributed by atoms with Crippen molar-refractivity contribution in [3.05, 3.63) is 58.4 Å². The second kappa shape index (κ2) is 7.89. The van der Waals surface area contributed by atoms with Crippen LogP contribution in [0.15, 0.2) is 48.0 Å². The van der Waals surface area contributed by atoms with Gasteiger partial charge in [-0.1, -0.05) is 30.3 Å². The molecule has 0 saturated carbocycles. The summed E-state index contributed by atoms with van der Waals surface area (Å²) in [6.07, 6.45) is 3.42. The van der Waals surface area contributed by atoms with Gasteiger partial charge in [0.05, 0.1) is 10.8 Å². The smallest absolute Gasteiger partial charge is 0.152 e. The van der Waals surface area contributed by atoms with Crippen LogP contribution < -0.4 is 10.4 Å². The number of nitrogens with zero attached hydrogens (tertiary/aromatic N) is 1. The van der Waals surface area contributed by atoms with E-state index in [1.54, 1.807) is 18.2 Å². The van der Waals surface area contributed by atoms with Gasteiger partial charge in [0.2, 0.25) is 0 Å². The van der Waals surface area contributed by atoms with Gasteiger partial charge in [-0.25, -0.2) is 0 Å². The SMILES string of the molecule is CN(C)CCC1=C[NH2+]c2ccsc21.O=C([O-])c1ccccc1. The summed E-state index contributed by atoms with van der Waals surface area (Å²) in [5, 5.41) is 14.5. The first-order chi connectivity index (χ1) is 10.6. The minimum Gasteiger partial charge on any atom is -0.545 e. The molecule has 1 aliphatic rings. The Labute approximate surface area is 134 Å². The Morgan fingerprint density at radius 1 is 1.23 bits per heavy atom. The zero-order valence-corrected chi connectivity index (χ0v) is 13.6. The maximum atomic E-state index is 10.1. The van der Waals surface area contributed by atoms with Gasteiger partial charge >= 0.3 is 0 Å². The first kappa shape index (κ1) is 16.4. The number of rotatable bonds is 4. The fraction of sp³-hybridized carbons (Fsp3) is 0.235. The van der Waals surface area contributed by atoms with Crippen molar-refractivity contribution in [1.29, 1.82) is 0 Å². The molecule has 2 N–H and O–H groups in total. The number of carboxylic acids is 1. The molecular weight excluding hydrogens is 296 g/mol. The van der Waals surface area contributed by atoms with E-state index < -0.39 is 5.97 Å². The topological polar surface area (TPSA) is 60.0 Å². The summed E-state index contributed by atoms with van der Waals surface area (Å²) in [7, 11) is 4.24. The number of carboxylic acid groups (broad SMARTS) is 1. The third-order valence-corrected chi connectivity index (χ3v) is 4.30. The number of quaternary nitrogens is 1. The Morgan fingerprint density at radius 2 is 1.95 bits per heavy atom. The number of fused-ring (bicyclic) bond motifs is 1. The van der Waals surface area contributed by atoms with Gasteiger partial charge < -0.3 is 14.8 Å². The lowest BCUT2D eigenvalue weighted by atomic mass is 10.2. The Kier molecular flexibility index (Phi) is 5.89. The molecule has 2 heterocycles. The van der Waals surface area contributed by atoms with Crippen LogP contribution in [0.4, 0.5) is 5.69 Å². The molecule has 4 nitrogen and oxygen atoms in total. The fourth-order valence-electron chi connectivity index (χ4n) is 2.09. The van der Waals surface area contributed by atoms with Gasteiger partial charge in [0, 0.05) is 18.2 Å². The number of hydrogen-bond donors (Lipinski definition) is 1. The van der Waals surface area contributed by atoms with Gasteiger partial charge in [-0.05, 0) is 31.5 Å². The van der Waals surface area contributed by atoms with Gasteiger partial charge in [-0.2, -0.15) is 0 Å². The van der Waals surface area contributed by atoms with Crippen molar-refractivity contribution in [2.75, 3.05) is 20.6 Å². The van der Waals surface area contributed by atoms with Gasteiger partial charge in [-0.15, -0.1) is 11.3 Å². The average Bonchev–Trinajstić information content (AvgIpc) is 3.10. The Bertz CT molecular complexity index is 648. The van der Waals surface area contributed by atoms with Crippen LogP contribution in [0.5, 0.6) is 0 Å². The number of thiophene rings is 1. The molecule has 0 fully saturated rings. The molecule has 1 aliphatic heterocycles.